The van der Waals surface area contributed by atoms with Gasteiger partial charge in [-0.25, -0.2) is 9.13 Å². The fourth-order valence-electron chi connectivity index (χ4n) is 13.0. The number of hydrogen-bond donors (Lipinski definition) is 3. The second-order valence-electron chi connectivity index (χ2n) is 31.4. The lowest BCUT2D eigenvalue weighted by Gasteiger charge is -2.21. The highest BCUT2D eigenvalue weighted by molar-refractivity contribution is 7.47. The molecule has 103 heavy (non-hydrogen) atoms. The van der Waals surface area contributed by atoms with Gasteiger partial charge in [-0.2, -0.15) is 0 Å². The Labute approximate surface area is 632 Å². The molecule has 0 saturated carbocycles. The molecule has 0 amide bonds. The van der Waals surface area contributed by atoms with Crippen LogP contribution in [-0.4, -0.2) is 96.7 Å². The molecule has 19 heteroatoms. The van der Waals surface area contributed by atoms with E-state index >= 15 is 0 Å². The van der Waals surface area contributed by atoms with Crippen molar-refractivity contribution >= 4 is 39.5 Å². The Bertz CT molecular complexity index is 1990. The van der Waals surface area contributed by atoms with Gasteiger partial charge in [0, 0.05) is 25.7 Å². The maximum Gasteiger partial charge on any atom is 0.472 e. The lowest BCUT2D eigenvalue weighted by atomic mass is 9.99. The molecule has 0 aromatic carbocycles. The van der Waals surface area contributed by atoms with Crippen LogP contribution in [-0.2, 0) is 65.4 Å². The number of phosphoric acid groups is 2. The minimum absolute atomic E-state index is 0.106. The van der Waals surface area contributed by atoms with Gasteiger partial charge in [0.15, 0.2) is 12.2 Å². The molecule has 0 aromatic heterocycles. The largest absolute Gasteiger partial charge is 0.472 e. The zero-order valence-corrected chi connectivity index (χ0v) is 69.6. The van der Waals surface area contributed by atoms with Gasteiger partial charge in [-0.1, -0.05) is 389 Å². The highest BCUT2D eigenvalue weighted by atomic mass is 31.2. The Hall–Kier alpha value is -1.94. The van der Waals surface area contributed by atoms with Gasteiger partial charge in [0.25, 0.3) is 0 Å². The van der Waals surface area contributed by atoms with Crippen LogP contribution < -0.4 is 0 Å². The van der Waals surface area contributed by atoms with Crippen LogP contribution in [0.3, 0.4) is 0 Å². The Kier molecular flexibility index (Phi) is 72.8. The number of hydrogen-bond acceptors (Lipinski definition) is 15. The topological polar surface area (TPSA) is 237 Å². The molecule has 0 aromatic rings. The molecule has 612 valence electrons. The Balaban J connectivity index is 5.25. The van der Waals surface area contributed by atoms with Crippen molar-refractivity contribution in [3.05, 3.63) is 0 Å². The zero-order valence-electron chi connectivity index (χ0n) is 67.8. The maximum absolute atomic E-state index is 13.1. The minimum atomic E-state index is -4.97. The number of carbonyl (C=O) groups excluding carboxylic acids is 4. The molecule has 6 atom stereocenters. The van der Waals surface area contributed by atoms with Crippen LogP contribution in [0.4, 0.5) is 0 Å². The molecule has 0 rings (SSSR count). The molecule has 0 aliphatic rings. The predicted molar refractivity (Wildman–Crippen MR) is 423 cm³/mol. The van der Waals surface area contributed by atoms with Crippen LogP contribution in [0.1, 0.15) is 440 Å². The third-order valence-electron chi connectivity index (χ3n) is 20.0. The zero-order chi connectivity index (χ0) is 75.8. The second-order valence-corrected chi connectivity index (χ2v) is 34.3. The lowest BCUT2D eigenvalue weighted by Crippen LogP contribution is -2.30. The third-order valence-corrected chi connectivity index (χ3v) is 21.9. The Morgan fingerprint density at radius 3 is 0.738 bits per heavy atom. The standard InChI is InChI=1S/C84H164O17P2/c1-8-10-11-12-13-14-15-16-17-18-19-20-21-22-27-30-38-46-53-60-67-83(88)100-79(71-94-81(86)65-58-51-44-37-29-26-24-23-25-28-36-43-50-57-64-77(7)9-2)73-98-102(90,91)96-69-78(85)70-97-103(92,93)99-74-80(72-95-82(87)66-59-52-45-40-33-35-42-49-56-63-76(5)6)101-84(89)68-61-54-47-39-32-31-34-41-48-55-62-75(3)4/h75-80,85H,8-74H2,1-7H3,(H,90,91)(H,92,93)/t77?,78-,79-,80-/m1/s1. The summed E-state index contributed by atoms with van der Waals surface area (Å²) in [5, 5.41) is 10.7. The van der Waals surface area contributed by atoms with Gasteiger partial charge < -0.3 is 33.8 Å². The summed E-state index contributed by atoms with van der Waals surface area (Å²) >= 11 is 0. The van der Waals surface area contributed by atoms with Gasteiger partial charge in [0.05, 0.1) is 26.4 Å². The fraction of sp³-hybridized carbons (Fsp3) is 0.952. The number of phosphoric ester groups is 2. The van der Waals surface area contributed by atoms with E-state index in [9.17, 15) is 43.2 Å². The SMILES string of the molecule is CCCCCCCCCCCCCCCCCCCCCCC(=O)O[C@H](COC(=O)CCCCCCCCCCCCCCCCC(C)CC)COP(=O)(O)OC[C@@H](O)COP(=O)(O)OC[C@@H](COC(=O)CCCCCCCCCCCC(C)C)OC(=O)CCCCCCCCCCCCC(C)C. The van der Waals surface area contributed by atoms with Crippen molar-refractivity contribution in [1.29, 1.82) is 0 Å². The van der Waals surface area contributed by atoms with E-state index in [4.69, 9.17) is 37.0 Å². The molecule has 0 saturated heterocycles. The van der Waals surface area contributed by atoms with Gasteiger partial charge in [-0.05, 0) is 43.4 Å². The van der Waals surface area contributed by atoms with Gasteiger partial charge in [-0.3, -0.25) is 37.3 Å². The summed E-state index contributed by atoms with van der Waals surface area (Å²) in [6.07, 6.45) is 63.8. The number of ether oxygens (including phenoxy) is 4. The van der Waals surface area contributed by atoms with E-state index in [1.165, 1.54) is 250 Å². The van der Waals surface area contributed by atoms with Crippen molar-refractivity contribution in [2.45, 2.75) is 458 Å². The first kappa shape index (κ1) is 101. The summed E-state index contributed by atoms with van der Waals surface area (Å²) in [5.74, 6) is 0.238. The average molecular weight is 1510 g/mol. The normalized spacial score (nSPS) is 14.2. The van der Waals surface area contributed by atoms with Crippen molar-refractivity contribution in [3.8, 4) is 0 Å². The third kappa shape index (κ3) is 76.6. The average Bonchev–Trinajstić information content (AvgIpc) is 0.921. The molecular weight excluding hydrogens is 1340 g/mol. The molecule has 0 aliphatic carbocycles. The van der Waals surface area contributed by atoms with Crippen LogP contribution in [0.2, 0.25) is 0 Å². The number of esters is 4. The van der Waals surface area contributed by atoms with E-state index < -0.39 is 97.5 Å². The first-order valence-electron chi connectivity index (χ1n) is 43.4. The van der Waals surface area contributed by atoms with Crippen LogP contribution in [0.25, 0.3) is 0 Å². The summed E-state index contributed by atoms with van der Waals surface area (Å²) in [7, 11) is -9.93. The van der Waals surface area contributed by atoms with Crippen molar-refractivity contribution < 1.29 is 80.2 Å². The summed E-state index contributed by atoms with van der Waals surface area (Å²) in [4.78, 5) is 73.2. The van der Waals surface area contributed by atoms with Crippen molar-refractivity contribution in [1.82, 2.24) is 0 Å². The summed E-state index contributed by atoms with van der Waals surface area (Å²) in [6.45, 7) is 12.0. The van der Waals surface area contributed by atoms with E-state index in [2.05, 4.69) is 48.5 Å². The predicted octanol–water partition coefficient (Wildman–Crippen LogP) is 25.3. The van der Waals surface area contributed by atoms with Crippen LogP contribution in [0.5, 0.6) is 0 Å². The quantitative estimate of drug-likeness (QED) is 0.0222. The number of aliphatic hydroxyl groups excluding tert-OH is 1. The summed E-state index contributed by atoms with van der Waals surface area (Å²) in [6, 6.07) is 0. The van der Waals surface area contributed by atoms with E-state index in [1.54, 1.807) is 0 Å². The smallest absolute Gasteiger partial charge is 0.462 e. The number of rotatable bonds is 82. The number of unbranched alkanes of at least 4 members (excludes halogenated alkanes) is 49. The van der Waals surface area contributed by atoms with E-state index in [0.717, 1.165) is 108 Å². The first-order chi connectivity index (χ1) is 49.8. The van der Waals surface area contributed by atoms with Crippen LogP contribution in [0.15, 0.2) is 0 Å². The highest BCUT2D eigenvalue weighted by Crippen LogP contribution is 2.45. The second kappa shape index (κ2) is 74.2. The van der Waals surface area contributed by atoms with E-state index in [0.29, 0.717) is 25.7 Å². The first-order valence-corrected chi connectivity index (χ1v) is 46.4. The van der Waals surface area contributed by atoms with Gasteiger partial charge >= 0.3 is 39.5 Å². The molecule has 3 N–H and O–H groups in total. The maximum atomic E-state index is 13.1. The van der Waals surface area contributed by atoms with Gasteiger partial charge in [0.2, 0.25) is 0 Å². The molecule has 0 heterocycles. The Morgan fingerprint density at radius 1 is 0.282 bits per heavy atom. The van der Waals surface area contributed by atoms with Crippen molar-refractivity contribution in [2.75, 3.05) is 39.6 Å². The Morgan fingerprint density at radius 2 is 0.495 bits per heavy atom. The number of carbonyl (C=O) groups is 4. The molecule has 3 unspecified atom stereocenters. The highest BCUT2D eigenvalue weighted by Gasteiger charge is 2.30. The van der Waals surface area contributed by atoms with Gasteiger partial charge in [0.1, 0.15) is 19.3 Å². The fourth-order valence-corrected chi connectivity index (χ4v) is 14.6. The molecular formula is C84H164O17P2. The van der Waals surface area contributed by atoms with E-state index in [-0.39, 0.29) is 25.7 Å². The minimum Gasteiger partial charge on any atom is -0.462 e. The van der Waals surface area contributed by atoms with Crippen molar-refractivity contribution in [3.63, 3.8) is 0 Å². The number of aliphatic hydroxyl groups is 1. The van der Waals surface area contributed by atoms with Crippen LogP contribution in [0, 0.1) is 17.8 Å². The van der Waals surface area contributed by atoms with E-state index in [1.807, 2.05) is 0 Å². The molecule has 0 spiro atoms. The molecule has 17 nitrogen and oxygen atoms in total. The molecule has 0 fully saturated rings. The monoisotopic (exact) mass is 1510 g/mol. The molecule has 0 radical (unpaired) electrons. The summed E-state index contributed by atoms with van der Waals surface area (Å²) in [5.41, 5.74) is 0. The molecule has 0 bridgehead atoms. The lowest BCUT2D eigenvalue weighted by molar-refractivity contribution is -0.161. The van der Waals surface area contributed by atoms with Gasteiger partial charge in [-0.15, -0.1) is 0 Å². The summed E-state index contributed by atoms with van der Waals surface area (Å²) < 4.78 is 68.8. The van der Waals surface area contributed by atoms with Crippen LogP contribution >= 0.6 is 15.6 Å². The molecule has 0 aliphatic heterocycles. The van der Waals surface area contributed by atoms with Crippen molar-refractivity contribution in [2.24, 2.45) is 17.8 Å².